The molecular weight excluding hydrogens is 638 g/mol. The molecule has 0 bridgehead atoms. The summed E-state index contributed by atoms with van der Waals surface area (Å²) in [5.41, 5.74) is 2.71. The van der Waals surface area contributed by atoms with Crippen LogP contribution in [-0.4, -0.2) is 101 Å². The summed E-state index contributed by atoms with van der Waals surface area (Å²) in [4.78, 5) is 34.6. The number of halogens is 1. The molecular formula is C38H48ClN7O3. The minimum Gasteiger partial charge on any atom is -0.487 e. The average Bonchev–Trinajstić information content (AvgIpc) is 3.06. The van der Waals surface area contributed by atoms with Crippen molar-refractivity contribution in [1.82, 2.24) is 24.7 Å². The van der Waals surface area contributed by atoms with Crippen LogP contribution in [-0.2, 0) is 16.8 Å². The number of hydrogen-bond acceptors (Lipinski definition) is 8. The Labute approximate surface area is 295 Å². The van der Waals surface area contributed by atoms with Gasteiger partial charge >= 0.3 is 6.09 Å². The molecule has 1 aromatic heterocycles. The van der Waals surface area contributed by atoms with E-state index < -0.39 is 5.60 Å². The first-order valence-corrected chi connectivity index (χ1v) is 17.7. The van der Waals surface area contributed by atoms with E-state index in [1.54, 1.807) is 6.07 Å². The third-order valence-corrected chi connectivity index (χ3v) is 10.3. The van der Waals surface area contributed by atoms with E-state index in [9.17, 15) is 4.79 Å². The Hall–Kier alpha value is -3.91. The molecule has 2 aromatic carbocycles. The van der Waals surface area contributed by atoms with Gasteiger partial charge in [0.15, 0.2) is 5.69 Å². The molecule has 0 spiro atoms. The van der Waals surface area contributed by atoms with Crippen molar-refractivity contribution in [1.29, 1.82) is 0 Å². The number of hydrogen-bond donors (Lipinski definition) is 0. The van der Waals surface area contributed by atoms with E-state index in [1.807, 2.05) is 62.2 Å². The molecule has 1 amide bonds. The lowest BCUT2D eigenvalue weighted by molar-refractivity contribution is -0.0247. The Kier molecular flexibility index (Phi) is 10.4. The predicted octanol–water partition coefficient (Wildman–Crippen LogP) is 6.79. The van der Waals surface area contributed by atoms with Gasteiger partial charge in [0.2, 0.25) is 5.95 Å². The van der Waals surface area contributed by atoms with Crippen molar-refractivity contribution in [2.45, 2.75) is 77.2 Å². The van der Waals surface area contributed by atoms with Crippen molar-refractivity contribution in [3.8, 4) is 5.75 Å². The Balaban J connectivity index is 0.947. The molecule has 260 valence electrons. The van der Waals surface area contributed by atoms with Crippen LogP contribution in [0.5, 0.6) is 5.75 Å². The summed E-state index contributed by atoms with van der Waals surface area (Å²) in [5.74, 6) is 1.53. The minimum absolute atomic E-state index is 0.197. The van der Waals surface area contributed by atoms with Crippen LogP contribution in [0.3, 0.4) is 0 Å². The summed E-state index contributed by atoms with van der Waals surface area (Å²) in [7, 11) is 0. The number of rotatable bonds is 8. The van der Waals surface area contributed by atoms with Crippen molar-refractivity contribution in [3.05, 3.63) is 88.0 Å². The van der Waals surface area contributed by atoms with Crippen LogP contribution in [0.25, 0.3) is 4.85 Å². The number of carbonyl (C=O) groups excluding carboxylic acids is 1. The average molecular weight is 686 g/mol. The van der Waals surface area contributed by atoms with Crippen LogP contribution in [0.4, 0.5) is 16.4 Å². The van der Waals surface area contributed by atoms with E-state index in [4.69, 9.17) is 32.6 Å². The molecule has 0 N–H and O–H groups in total. The number of nitrogens with zero attached hydrogens (tertiary/aromatic N) is 7. The summed E-state index contributed by atoms with van der Waals surface area (Å²) in [6, 6.07) is 16.6. The first-order valence-electron chi connectivity index (χ1n) is 17.3. The second kappa shape index (κ2) is 14.5. The van der Waals surface area contributed by atoms with Gasteiger partial charge in [-0.05, 0) is 75.1 Å². The lowest BCUT2D eigenvalue weighted by Gasteiger charge is -2.49. The van der Waals surface area contributed by atoms with Gasteiger partial charge in [-0.1, -0.05) is 43.6 Å². The van der Waals surface area contributed by atoms with Crippen LogP contribution in [0.1, 0.15) is 64.3 Å². The Morgan fingerprint density at radius 3 is 2.22 bits per heavy atom. The molecule has 3 saturated heterocycles. The number of piperazine rings is 1. The highest BCUT2D eigenvalue weighted by atomic mass is 35.5. The van der Waals surface area contributed by atoms with Crippen LogP contribution >= 0.6 is 11.6 Å². The van der Waals surface area contributed by atoms with E-state index in [1.165, 1.54) is 0 Å². The first kappa shape index (κ1) is 34.9. The summed E-state index contributed by atoms with van der Waals surface area (Å²) in [6.07, 6.45) is 3.95. The van der Waals surface area contributed by atoms with Crippen LogP contribution in [0.15, 0.2) is 54.7 Å². The number of likely N-dealkylation sites (tertiary alicyclic amines) is 2. The third-order valence-electron chi connectivity index (χ3n) is 10.0. The molecule has 3 aliphatic heterocycles. The topological polar surface area (TPSA) is 78.6 Å². The number of piperidine rings is 1. The van der Waals surface area contributed by atoms with Crippen LogP contribution < -0.4 is 9.64 Å². The highest BCUT2D eigenvalue weighted by molar-refractivity contribution is 6.31. The lowest BCUT2D eigenvalue weighted by atomic mass is 9.78. The van der Waals surface area contributed by atoms with E-state index in [-0.39, 0.29) is 11.5 Å². The van der Waals surface area contributed by atoms with Gasteiger partial charge in [0.1, 0.15) is 18.0 Å². The molecule has 0 saturated carbocycles. The van der Waals surface area contributed by atoms with E-state index in [0.717, 1.165) is 93.7 Å². The smallest absolute Gasteiger partial charge is 0.410 e. The normalized spacial score (nSPS) is 18.6. The summed E-state index contributed by atoms with van der Waals surface area (Å²) in [6.45, 7) is 25.2. The predicted molar refractivity (Wildman–Crippen MR) is 193 cm³/mol. The van der Waals surface area contributed by atoms with Gasteiger partial charge in [0.05, 0.1) is 12.3 Å². The molecule has 11 heteroatoms. The first-order chi connectivity index (χ1) is 23.4. The van der Waals surface area contributed by atoms with Crippen LogP contribution in [0, 0.1) is 6.57 Å². The Bertz CT molecular complexity index is 1650. The fourth-order valence-electron chi connectivity index (χ4n) is 6.97. The SMILES string of the molecule is [C-]#[N+]c1cc(Cl)cc(C(C)(C)c2ccc(OCc3ccnc(N4CCN(C5CCN(C6CN(C(=O)OC(C)(C)C)C6)CC5)CC4)n3)cc2)c1. The molecule has 3 aliphatic rings. The van der Waals surface area contributed by atoms with Crippen LogP contribution in [0.2, 0.25) is 5.02 Å². The number of amides is 1. The lowest BCUT2D eigenvalue weighted by Crippen LogP contribution is -2.63. The maximum atomic E-state index is 12.3. The highest BCUT2D eigenvalue weighted by Gasteiger charge is 2.39. The minimum atomic E-state index is -0.451. The number of anilines is 1. The van der Waals surface area contributed by atoms with Gasteiger partial charge in [-0.2, -0.15) is 0 Å². The molecule has 0 radical (unpaired) electrons. The molecule has 3 aromatic rings. The summed E-state index contributed by atoms with van der Waals surface area (Å²) >= 11 is 6.30. The van der Waals surface area contributed by atoms with Crippen molar-refractivity contribution >= 4 is 29.3 Å². The van der Waals surface area contributed by atoms with Gasteiger partial charge in [0, 0.05) is 81.1 Å². The quantitative estimate of drug-likeness (QED) is 0.240. The molecule has 10 nitrogen and oxygen atoms in total. The van der Waals surface area contributed by atoms with Crippen molar-refractivity contribution in [2.75, 3.05) is 57.3 Å². The summed E-state index contributed by atoms with van der Waals surface area (Å²) < 4.78 is 11.6. The Morgan fingerprint density at radius 1 is 0.898 bits per heavy atom. The number of aromatic nitrogens is 2. The van der Waals surface area contributed by atoms with Gasteiger partial charge in [-0.25, -0.2) is 19.6 Å². The zero-order valence-electron chi connectivity index (χ0n) is 29.4. The summed E-state index contributed by atoms with van der Waals surface area (Å²) in [5, 5.41) is 0.569. The molecule has 3 fully saturated rings. The monoisotopic (exact) mass is 685 g/mol. The number of benzene rings is 2. The van der Waals surface area contributed by atoms with Gasteiger partial charge in [-0.3, -0.25) is 9.80 Å². The molecule has 0 unspecified atom stereocenters. The fourth-order valence-corrected chi connectivity index (χ4v) is 7.20. The zero-order valence-corrected chi connectivity index (χ0v) is 30.1. The van der Waals surface area contributed by atoms with E-state index in [2.05, 4.69) is 50.5 Å². The van der Waals surface area contributed by atoms with Crippen molar-refractivity contribution < 1.29 is 14.3 Å². The van der Waals surface area contributed by atoms with Gasteiger partial charge in [0.25, 0.3) is 0 Å². The number of carbonyl (C=O) groups is 1. The molecule has 4 heterocycles. The Morgan fingerprint density at radius 2 is 1.57 bits per heavy atom. The van der Waals surface area contributed by atoms with E-state index in [0.29, 0.717) is 29.4 Å². The largest absolute Gasteiger partial charge is 0.487 e. The standard InChI is InChI=1S/C38H48ClN7O3/c1-37(2,3)49-36(47)46-24-33(25-46)43-15-12-32(13-16-43)44-17-19-45(20-18-44)35-41-14-11-30(42-35)26-48-34-9-7-27(8-10-34)38(4,5)28-21-29(39)23-31(22-28)40-6/h7-11,14,21-23,32-33H,12-13,15-20,24-26H2,1-5H3. The molecule has 6 rings (SSSR count). The maximum absolute atomic E-state index is 12.3. The fraction of sp³-hybridized carbons (Fsp3) is 0.526. The zero-order chi connectivity index (χ0) is 34.8. The third kappa shape index (κ3) is 8.46. The second-order valence-corrected chi connectivity index (χ2v) is 15.4. The maximum Gasteiger partial charge on any atom is 0.410 e. The number of ether oxygens (including phenoxy) is 2. The second-order valence-electron chi connectivity index (χ2n) is 14.9. The molecule has 0 atom stereocenters. The molecule has 0 aliphatic carbocycles. The highest BCUT2D eigenvalue weighted by Crippen LogP contribution is 2.36. The molecule has 49 heavy (non-hydrogen) atoms. The van der Waals surface area contributed by atoms with Crippen molar-refractivity contribution in [2.24, 2.45) is 0 Å². The van der Waals surface area contributed by atoms with Gasteiger partial charge in [-0.15, -0.1) is 0 Å². The van der Waals surface area contributed by atoms with E-state index >= 15 is 0 Å². The van der Waals surface area contributed by atoms with Crippen molar-refractivity contribution in [3.63, 3.8) is 0 Å². The van der Waals surface area contributed by atoms with Gasteiger partial charge < -0.3 is 19.3 Å².